The number of aldehydes is 2. The Balaban J connectivity index is 0. The maximum absolute atomic E-state index is 9.25. The SMILES string of the molecule is O=CC(O)C=O.S. The topological polar surface area (TPSA) is 54.4 Å². The van der Waals surface area contributed by atoms with Crippen molar-refractivity contribution in [1.82, 2.24) is 0 Å². The second-order valence-corrected chi connectivity index (χ2v) is 0.763. The van der Waals surface area contributed by atoms with E-state index in [1.165, 1.54) is 0 Å². The normalized spacial score (nSPS) is 7.14. The zero-order chi connectivity index (χ0) is 4.99. The van der Waals surface area contributed by atoms with E-state index in [0.29, 0.717) is 0 Å². The lowest BCUT2D eigenvalue weighted by atomic mass is 10.5. The van der Waals surface area contributed by atoms with Crippen molar-refractivity contribution in [3.63, 3.8) is 0 Å². The Morgan fingerprint density at radius 2 is 1.57 bits per heavy atom. The van der Waals surface area contributed by atoms with Crippen molar-refractivity contribution in [2.45, 2.75) is 6.10 Å². The lowest BCUT2D eigenvalue weighted by molar-refractivity contribution is -0.124. The Labute approximate surface area is 47.8 Å². The molecular weight excluding hydrogens is 116 g/mol. The average molecular weight is 122 g/mol. The van der Waals surface area contributed by atoms with Crippen molar-refractivity contribution < 1.29 is 14.7 Å². The first-order valence-corrected chi connectivity index (χ1v) is 1.40. The third kappa shape index (κ3) is 5.65. The predicted octanol–water partition coefficient (Wildman–Crippen LogP) is -1.14. The largest absolute Gasteiger partial charge is 0.378 e. The summed E-state index contributed by atoms with van der Waals surface area (Å²) in [5.41, 5.74) is 0. The highest BCUT2D eigenvalue weighted by Crippen LogP contribution is 1.59. The number of carbonyl (C=O) groups excluding carboxylic acids is 2. The molecule has 0 heterocycles. The number of rotatable bonds is 2. The van der Waals surface area contributed by atoms with Crippen LogP contribution in [0, 0.1) is 0 Å². The standard InChI is InChI=1S/C3H4O3.H2S/c4-1-3(6)2-5;/h1-3,6H;1H2. The number of hydrogen-bond acceptors (Lipinski definition) is 3. The Morgan fingerprint density at radius 3 is 1.57 bits per heavy atom. The van der Waals surface area contributed by atoms with Crippen molar-refractivity contribution in [2.24, 2.45) is 0 Å². The van der Waals surface area contributed by atoms with Gasteiger partial charge in [-0.15, -0.1) is 0 Å². The second kappa shape index (κ2) is 5.65. The summed E-state index contributed by atoms with van der Waals surface area (Å²) in [7, 11) is 0. The van der Waals surface area contributed by atoms with E-state index in [4.69, 9.17) is 5.11 Å². The smallest absolute Gasteiger partial charge is 0.164 e. The lowest BCUT2D eigenvalue weighted by Crippen LogP contribution is -2.07. The van der Waals surface area contributed by atoms with Crippen LogP contribution < -0.4 is 0 Å². The van der Waals surface area contributed by atoms with E-state index in [-0.39, 0.29) is 26.1 Å². The van der Waals surface area contributed by atoms with Crippen LogP contribution in [0.5, 0.6) is 0 Å². The van der Waals surface area contributed by atoms with Crippen LogP contribution in [0.25, 0.3) is 0 Å². The molecule has 0 aliphatic rings. The van der Waals surface area contributed by atoms with Gasteiger partial charge in [0, 0.05) is 0 Å². The first kappa shape index (κ1) is 9.82. The minimum Gasteiger partial charge on any atom is -0.378 e. The first-order chi connectivity index (χ1) is 2.81. The molecule has 0 saturated heterocycles. The van der Waals surface area contributed by atoms with Gasteiger partial charge < -0.3 is 5.11 Å². The van der Waals surface area contributed by atoms with Gasteiger partial charge in [-0.1, -0.05) is 0 Å². The molecule has 0 aromatic rings. The monoisotopic (exact) mass is 122 g/mol. The Hall–Kier alpha value is -0.350. The minimum atomic E-state index is -1.43. The van der Waals surface area contributed by atoms with Crippen LogP contribution in [0.15, 0.2) is 0 Å². The highest BCUT2D eigenvalue weighted by molar-refractivity contribution is 7.59. The van der Waals surface area contributed by atoms with Crippen molar-refractivity contribution in [3.05, 3.63) is 0 Å². The molecule has 3 nitrogen and oxygen atoms in total. The molecule has 0 aromatic carbocycles. The minimum absolute atomic E-state index is 0. The fraction of sp³-hybridized carbons (Fsp3) is 0.333. The molecule has 0 amide bonds. The summed E-state index contributed by atoms with van der Waals surface area (Å²) < 4.78 is 0. The summed E-state index contributed by atoms with van der Waals surface area (Å²) in [5.74, 6) is 0. The maximum atomic E-state index is 9.25. The fourth-order valence-corrected chi connectivity index (χ4v) is 0.0321. The fourth-order valence-electron chi connectivity index (χ4n) is 0.0321. The summed E-state index contributed by atoms with van der Waals surface area (Å²) in [5, 5.41) is 7.93. The first-order valence-electron chi connectivity index (χ1n) is 1.40. The van der Waals surface area contributed by atoms with Crippen LogP contribution in [0.1, 0.15) is 0 Å². The molecule has 0 aliphatic carbocycles. The van der Waals surface area contributed by atoms with Crippen LogP contribution in [-0.4, -0.2) is 23.8 Å². The molecule has 4 heteroatoms. The van der Waals surface area contributed by atoms with Crippen molar-refractivity contribution in [1.29, 1.82) is 0 Å². The van der Waals surface area contributed by atoms with Gasteiger partial charge in [0.25, 0.3) is 0 Å². The van der Waals surface area contributed by atoms with Gasteiger partial charge in [-0.25, -0.2) is 0 Å². The summed E-state index contributed by atoms with van der Waals surface area (Å²) in [6.45, 7) is 0. The molecular formula is C3H6O3S. The van der Waals surface area contributed by atoms with E-state index >= 15 is 0 Å². The molecule has 0 saturated carbocycles. The van der Waals surface area contributed by atoms with E-state index in [9.17, 15) is 9.59 Å². The average Bonchev–Trinajstić information content (AvgIpc) is 1.65. The van der Waals surface area contributed by atoms with Gasteiger partial charge in [-0.3, -0.25) is 9.59 Å². The Bertz CT molecular complexity index is 55.2. The van der Waals surface area contributed by atoms with Gasteiger partial charge in [0.1, 0.15) is 0 Å². The summed E-state index contributed by atoms with van der Waals surface area (Å²) in [6.07, 6.45) is -1.11. The zero-order valence-corrected chi connectivity index (χ0v) is 4.50. The quantitative estimate of drug-likeness (QED) is 0.372. The maximum Gasteiger partial charge on any atom is 0.164 e. The molecule has 0 fully saturated rings. The van der Waals surface area contributed by atoms with E-state index in [1.54, 1.807) is 0 Å². The van der Waals surface area contributed by atoms with Gasteiger partial charge in [0.15, 0.2) is 18.7 Å². The molecule has 0 aliphatic heterocycles. The number of hydrogen-bond donors (Lipinski definition) is 1. The molecule has 42 valence electrons. The molecule has 7 heavy (non-hydrogen) atoms. The van der Waals surface area contributed by atoms with Crippen molar-refractivity contribution >= 4 is 26.1 Å². The number of carbonyl (C=O) groups is 2. The summed E-state index contributed by atoms with van der Waals surface area (Å²) in [4.78, 5) is 18.5. The molecule has 0 bridgehead atoms. The number of aliphatic hydroxyl groups is 1. The Kier molecular flexibility index (Phi) is 7.92. The lowest BCUT2D eigenvalue weighted by Gasteiger charge is -1.79. The van der Waals surface area contributed by atoms with Crippen molar-refractivity contribution in [2.75, 3.05) is 0 Å². The predicted molar refractivity (Wildman–Crippen MR) is 28.5 cm³/mol. The van der Waals surface area contributed by atoms with Crippen LogP contribution in [0.4, 0.5) is 0 Å². The van der Waals surface area contributed by atoms with Crippen LogP contribution in [0.3, 0.4) is 0 Å². The molecule has 0 rings (SSSR count). The second-order valence-electron chi connectivity index (χ2n) is 0.763. The van der Waals surface area contributed by atoms with Gasteiger partial charge in [0.05, 0.1) is 0 Å². The Morgan fingerprint density at radius 1 is 1.29 bits per heavy atom. The van der Waals surface area contributed by atoms with E-state index < -0.39 is 6.10 Å². The van der Waals surface area contributed by atoms with Gasteiger partial charge in [-0.2, -0.15) is 13.5 Å². The molecule has 0 aromatic heterocycles. The van der Waals surface area contributed by atoms with Gasteiger partial charge in [-0.05, 0) is 0 Å². The van der Waals surface area contributed by atoms with E-state index in [1.807, 2.05) is 0 Å². The van der Waals surface area contributed by atoms with Crippen LogP contribution in [-0.2, 0) is 9.59 Å². The third-order valence-corrected chi connectivity index (χ3v) is 0.279. The van der Waals surface area contributed by atoms with Crippen LogP contribution in [0.2, 0.25) is 0 Å². The molecule has 0 unspecified atom stereocenters. The summed E-state index contributed by atoms with van der Waals surface area (Å²) in [6, 6.07) is 0. The van der Waals surface area contributed by atoms with Gasteiger partial charge in [0.2, 0.25) is 0 Å². The van der Waals surface area contributed by atoms with Crippen molar-refractivity contribution in [3.8, 4) is 0 Å². The zero-order valence-electron chi connectivity index (χ0n) is 3.50. The highest BCUT2D eigenvalue weighted by atomic mass is 32.1. The summed E-state index contributed by atoms with van der Waals surface area (Å²) >= 11 is 0. The van der Waals surface area contributed by atoms with Crippen LogP contribution >= 0.6 is 13.5 Å². The molecule has 0 atom stereocenters. The molecule has 0 radical (unpaired) electrons. The van der Waals surface area contributed by atoms with E-state index in [2.05, 4.69) is 0 Å². The van der Waals surface area contributed by atoms with Gasteiger partial charge >= 0.3 is 0 Å². The number of aliphatic hydroxyl groups excluding tert-OH is 1. The molecule has 1 N–H and O–H groups in total. The van der Waals surface area contributed by atoms with E-state index in [0.717, 1.165) is 0 Å². The third-order valence-electron chi connectivity index (χ3n) is 0.279. The molecule has 0 spiro atoms. The highest BCUT2D eigenvalue weighted by Gasteiger charge is 1.91.